The molecule has 0 unspecified atom stereocenters. The second-order valence-electron chi connectivity index (χ2n) is 7.79. The summed E-state index contributed by atoms with van der Waals surface area (Å²) in [6.07, 6.45) is 1.87. The van der Waals surface area contributed by atoms with E-state index in [9.17, 15) is 14.7 Å². The molecule has 30 heavy (non-hydrogen) atoms. The molecule has 2 heterocycles. The highest BCUT2D eigenvalue weighted by atomic mass is 35.5. The summed E-state index contributed by atoms with van der Waals surface area (Å²) in [6.45, 7) is 6.15. The first-order valence-electron chi connectivity index (χ1n) is 9.73. The van der Waals surface area contributed by atoms with E-state index in [4.69, 9.17) is 11.6 Å². The number of pyridine rings is 1. The second kappa shape index (κ2) is 8.49. The van der Waals surface area contributed by atoms with Crippen LogP contribution in [0.25, 0.3) is 11.0 Å². The van der Waals surface area contributed by atoms with Crippen LogP contribution in [0, 0.1) is 0 Å². The molecule has 0 aliphatic rings. The Morgan fingerprint density at radius 1 is 1.27 bits per heavy atom. The van der Waals surface area contributed by atoms with Crippen molar-refractivity contribution in [1.82, 2.24) is 19.4 Å². The van der Waals surface area contributed by atoms with Gasteiger partial charge in [-0.25, -0.2) is 9.78 Å². The number of fused-ring (bicyclic) bond motifs is 1. The van der Waals surface area contributed by atoms with Crippen molar-refractivity contribution in [3.05, 3.63) is 51.7 Å². The molecular formula is C21H26ClN5O3. The van der Waals surface area contributed by atoms with Crippen LogP contribution < -0.4 is 16.3 Å². The Balaban J connectivity index is 1.97. The summed E-state index contributed by atoms with van der Waals surface area (Å²) in [5, 5.41) is 16.3. The normalized spacial score (nSPS) is 11.7. The van der Waals surface area contributed by atoms with Crippen molar-refractivity contribution >= 4 is 39.9 Å². The predicted molar refractivity (Wildman–Crippen MR) is 119 cm³/mol. The van der Waals surface area contributed by atoms with Crippen molar-refractivity contribution in [2.24, 2.45) is 7.05 Å². The van der Waals surface area contributed by atoms with Gasteiger partial charge >= 0.3 is 5.69 Å². The number of hydrogen-bond donors (Lipinski definition) is 3. The first-order valence-corrected chi connectivity index (χ1v) is 10.1. The minimum absolute atomic E-state index is 0.146. The molecule has 0 aliphatic heterocycles. The number of imidazole rings is 1. The van der Waals surface area contributed by atoms with Crippen LogP contribution in [-0.4, -0.2) is 37.3 Å². The summed E-state index contributed by atoms with van der Waals surface area (Å²) in [7, 11) is 1.72. The fraction of sp³-hybridized carbons (Fsp3) is 0.381. The number of aliphatic hydroxyl groups is 1. The van der Waals surface area contributed by atoms with E-state index >= 15 is 0 Å². The van der Waals surface area contributed by atoms with Crippen LogP contribution in [0.4, 0.5) is 11.4 Å². The Morgan fingerprint density at radius 2 is 2.00 bits per heavy atom. The highest BCUT2D eigenvalue weighted by molar-refractivity contribution is 6.33. The molecule has 1 amide bonds. The molecule has 3 rings (SSSR count). The average Bonchev–Trinajstić information content (AvgIpc) is 2.91. The minimum Gasteiger partial charge on any atom is -0.390 e. The third kappa shape index (κ3) is 4.66. The van der Waals surface area contributed by atoms with Gasteiger partial charge in [-0.15, -0.1) is 0 Å². The van der Waals surface area contributed by atoms with Crippen LogP contribution in [0.3, 0.4) is 0 Å². The van der Waals surface area contributed by atoms with E-state index in [1.165, 1.54) is 6.20 Å². The van der Waals surface area contributed by atoms with E-state index in [-0.39, 0.29) is 17.3 Å². The van der Waals surface area contributed by atoms with Crippen LogP contribution in [0.2, 0.25) is 5.02 Å². The van der Waals surface area contributed by atoms with E-state index in [1.54, 1.807) is 36.1 Å². The topological polar surface area (TPSA) is 101 Å². The largest absolute Gasteiger partial charge is 0.390 e. The summed E-state index contributed by atoms with van der Waals surface area (Å²) in [4.78, 5) is 28.8. The zero-order chi connectivity index (χ0) is 22.1. The minimum atomic E-state index is -0.877. The summed E-state index contributed by atoms with van der Waals surface area (Å²) in [5.41, 5.74) is 2.00. The molecule has 9 heteroatoms. The first-order chi connectivity index (χ1) is 14.1. The number of amides is 1. The molecule has 2 aromatic heterocycles. The Bertz CT molecular complexity index is 1140. The SMILES string of the molecule is CCNC(=O)c1cc(Nc2ccc3c(c2)n(CCC(C)(C)O)c(=O)n3C)c(Cl)cn1. The van der Waals surface area contributed by atoms with Crippen LogP contribution in [0.15, 0.2) is 35.3 Å². The third-order valence-corrected chi connectivity index (χ3v) is 5.10. The van der Waals surface area contributed by atoms with Gasteiger partial charge in [0.1, 0.15) is 5.69 Å². The zero-order valence-electron chi connectivity index (χ0n) is 17.5. The number of rotatable bonds is 7. The number of anilines is 2. The number of nitrogens with zero attached hydrogens (tertiary/aromatic N) is 3. The molecule has 0 spiro atoms. The lowest BCUT2D eigenvalue weighted by molar-refractivity contribution is 0.0662. The fourth-order valence-electron chi connectivity index (χ4n) is 3.15. The van der Waals surface area contributed by atoms with Crippen molar-refractivity contribution in [2.75, 3.05) is 11.9 Å². The zero-order valence-corrected chi connectivity index (χ0v) is 18.2. The Kier molecular flexibility index (Phi) is 6.19. The van der Waals surface area contributed by atoms with Crippen LogP contribution in [0.5, 0.6) is 0 Å². The highest BCUT2D eigenvalue weighted by Gasteiger charge is 2.17. The van der Waals surface area contributed by atoms with Crippen LogP contribution in [0.1, 0.15) is 37.7 Å². The molecule has 3 N–H and O–H groups in total. The van der Waals surface area contributed by atoms with E-state index in [0.717, 1.165) is 11.0 Å². The Labute approximate surface area is 179 Å². The quantitative estimate of drug-likeness (QED) is 0.533. The van der Waals surface area contributed by atoms with Gasteiger partial charge in [-0.3, -0.25) is 13.9 Å². The monoisotopic (exact) mass is 431 g/mol. The average molecular weight is 432 g/mol. The predicted octanol–water partition coefficient (Wildman–Crippen LogP) is 3.04. The molecule has 0 atom stereocenters. The summed E-state index contributed by atoms with van der Waals surface area (Å²) >= 11 is 6.26. The van der Waals surface area contributed by atoms with Gasteiger partial charge in [-0.1, -0.05) is 11.6 Å². The first kappa shape index (κ1) is 21.9. The molecule has 8 nitrogen and oxygen atoms in total. The summed E-state index contributed by atoms with van der Waals surface area (Å²) in [5.74, 6) is -0.281. The smallest absolute Gasteiger partial charge is 0.328 e. The van der Waals surface area contributed by atoms with Gasteiger partial charge in [0, 0.05) is 32.0 Å². The van der Waals surface area contributed by atoms with Crippen LogP contribution >= 0.6 is 11.6 Å². The van der Waals surface area contributed by atoms with Crippen molar-refractivity contribution in [3.8, 4) is 0 Å². The van der Waals surface area contributed by atoms with E-state index in [2.05, 4.69) is 15.6 Å². The number of nitrogens with one attached hydrogen (secondary N) is 2. The number of carbonyl (C=O) groups excluding carboxylic acids is 1. The van der Waals surface area contributed by atoms with Crippen molar-refractivity contribution in [1.29, 1.82) is 0 Å². The van der Waals surface area contributed by atoms with Gasteiger partial charge in [0.05, 0.1) is 27.3 Å². The number of halogens is 1. The lowest BCUT2D eigenvalue weighted by Gasteiger charge is -2.17. The molecule has 0 fully saturated rings. The van der Waals surface area contributed by atoms with E-state index in [1.807, 2.05) is 25.1 Å². The molecule has 0 saturated carbocycles. The fourth-order valence-corrected chi connectivity index (χ4v) is 3.31. The molecule has 160 valence electrons. The summed E-state index contributed by atoms with van der Waals surface area (Å²) in [6, 6.07) is 7.12. The molecule has 0 saturated heterocycles. The number of aryl methyl sites for hydroxylation is 2. The molecule has 0 bridgehead atoms. The maximum Gasteiger partial charge on any atom is 0.328 e. The summed E-state index contributed by atoms with van der Waals surface area (Å²) < 4.78 is 3.23. The lowest BCUT2D eigenvalue weighted by atomic mass is 10.1. The van der Waals surface area contributed by atoms with Gasteiger partial charge < -0.3 is 15.7 Å². The number of benzene rings is 1. The van der Waals surface area contributed by atoms with Gasteiger partial charge in [-0.2, -0.15) is 0 Å². The lowest BCUT2D eigenvalue weighted by Crippen LogP contribution is -2.27. The molecule has 0 aliphatic carbocycles. The molecule has 1 aromatic carbocycles. The van der Waals surface area contributed by atoms with E-state index < -0.39 is 5.60 Å². The number of aromatic nitrogens is 3. The maximum absolute atomic E-state index is 12.7. The third-order valence-electron chi connectivity index (χ3n) is 4.80. The number of carbonyl (C=O) groups is 1. The Morgan fingerprint density at radius 3 is 2.67 bits per heavy atom. The second-order valence-corrected chi connectivity index (χ2v) is 8.20. The van der Waals surface area contributed by atoms with E-state index in [0.29, 0.717) is 35.9 Å². The van der Waals surface area contributed by atoms with Gasteiger partial charge in [0.15, 0.2) is 0 Å². The van der Waals surface area contributed by atoms with Crippen molar-refractivity contribution in [2.45, 2.75) is 39.3 Å². The number of hydrogen-bond acceptors (Lipinski definition) is 5. The Hall–Kier alpha value is -2.84. The van der Waals surface area contributed by atoms with Crippen molar-refractivity contribution in [3.63, 3.8) is 0 Å². The van der Waals surface area contributed by atoms with Gasteiger partial charge in [-0.05, 0) is 51.5 Å². The van der Waals surface area contributed by atoms with Gasteiger partial charge in [0.2, 0.25) is 0 Å². The molecule has 3 aromatic rings. The highest BCUT2D eigenvalue weighted by Crippen LogP contribution is 2.27. The standard InChI is InChI=1S/C21H26ClN5O3/c1-5-23-19(28)16-11-15(14(22)12-24-16)25-13-6-7-17-18(10-13)27(20(29)26(17)4)9-8-21(2,3)30/h6-7,10-12,30H,5,8-9H2,1-4H3,(H,23,28)(H,24,25). The van der Waals surface area contributed by atoms with Crippen molar-refractivity contribution < 1.29 is 9.90 Å². The van der Waals surface area contributed by atoms with Crippen LogP contribution in [-0.2, 0) is 13.6 Å². The maximum atomic E-state index is 12.7. The molecular weight excluding hydrogens is 406 g/mol. The van der Waals surface area contributed by atoms with Gasteiger partial charge in [0.25, 0.3) is 5.91 Å². The molecule has 0 radical (unpaired) electrons.